The van der Waals surface area contributed by atoms with Crippen molar-refractivity contribution in [3.63, 3.8) is 0 Å². The van der Waals surface area contributed by atoms with Gasteiger partial charge in [-0.2, -0.15) is 5.26 Å². The highest BCUT2D eigenvalue weighted by molar-refractivity contribution is 7.98. The first kappa shape index (κ1) is 23.4. The van der Waals surface area contributed by atoms with E-state index in [0.717, 1.165) is 60.5 Å². The summed E-state index contributed by atoms with van der Waals surface area (Å²) in [4.78, 5) is 31.2. The second-order valence-corrected chi connectivity index (χ2v) is 9.92. The average molecular weight is 462 g/mol. The van der Waals surface area contributed by atoms with E-state index in [9.17, 15) is 9.59 Å². The van der Waals surface area contributed by atoms with Gasteiger partial charge in [0.1, 0.15) is 0 Å². The molecule has 2 fully saturated rings. The molecule has 0 spiro atoms. The Morgan fingerprint density at radius 2 is 1.55 bits per heavy atom. The van der Waals surface area contributed by atoms with E-state index in [4.69, 9.17) is 5.26 Å². The third-order valence-electron chi connectivity index (χ3n) is 6.64. The highest BCUT2D eigenvalue weighted by Crippen LogP contribution is 2.29. The van der Waals surface area contributed by atoms with Crippen molar-refractivity contribution in [2.75, 3.05) is 26.2 Å². The number of carbonyl (C=O) groups is 2. The molecule has 2 aromatic rings. The third-order valence-corrected chi connectivity index (χ3v) is 7.79. The lowest BCUT2D eigenvalue weighted by atomic mass is 9.94. The normalized spacial score (nSPS) is 17.3. The molecule has 4 rings (SSSR count). The highest BCUT2D eigenvalue weighted by Gasteiger charge is 2.31. The Labute approximate surface area is 200 Å². The largest absolute Gasteiger partial charge is 0.342 e. The van der Waals surface area contributed by atoms with E-state index in [1.54, 1.807) is 11.8 Å². The van der Waals surface area contributed by atoms with Gasteiger partial charge in [0.15, 0.2) is 0 Å². The van der Waals surface area contributed by atoms with Crippen LogP contribution in [0.1, 0.15) is 60.0 Å². The third kappa shape index (κ3) is 5.97. The first-order valence-corrected chi connectivity index (χ1v) is 12.9. The van der Waals surface area contributed by atoms with E-state index in [1.165, 1.54) is 12.8 Å². The number of piperidine rings is 1. The molecule has 5 nitrogen and oxygen atoms in total. The second kappa shape index (κ2) is 11.4. The fraction of sp³-hybridized carbons (Fsp3) is 0.444. The summed E-state index contributed by atoms with van der Waals surface area (Å²) in [6.45, 7) is 3.05. The molecule has 2 heterocycles. The van der Waals surface area contributed by atoms with Crippen molar-refractivity contribution in [1.82, 2.24) is 9.80 Å². The molecule has 0 N–H and O–H groups in total. The molecule has 2 aliphatic rings. The molecular formula is C27H31N3O2S. The minimum absolute atomic E-state index is 0.0492. The minimum atomic E-state index is 0.0492. The molecule has 172 valence electrons. The molecule has 0 bridgehead atoms. The van der Waals surface area contributed by atoms with E-state index >= 15 is 0 Å². The van der Waals surface area contributed by atoms with Crippen LogP contribution in [-0.4, -0.2) is 47.8 Å². The number of thioether (sulfide) groups is 1. The number of carbonyl (C=O) groups excluding carboxylic acids is 2. The standard InChI is InChI=1S/C27H31N3O2S/c28-19-21-9-11-22(12-10-21)20-33-25-8-4-3-7-24(25)27(32)30-17-13-23(14-18-30)26(31)29-15-5-1-2-6-16-29/h3-4,7-12,23H,1-2,5-6,13-18,20H2. The zero-order valence-corrected chi connectivity index (χ0v) is 19.9. The van der Waals surface area contributed by atoms with Gasteiger partial charge in [0.05, 0.1) is 17.2 Å². The van der Waals surface area contributed by atoms with Gasteiger partial charge in [-0.25, -0.2) is 0 Å². The topological polar surface area (TPSA) is 64.4 Å². The minimum Gasteiger partial charge on any atom is -0.342 e. The van der Waals surface area contributed by atoms with Crippen molar-refractivity contribution in [1.29, 1.82) is 5.26 Å². The Balaban J connectivity index is 1.35. The summed E-state index contributed by atoms with van der Waals surface area (Å²) in [5.74, 6) is 1.14. The molecule has 0 atom stereocenters. The van der Waals surface area contributed by atoms with Crippen LogP contribution in [0.2, 0.25) is 0 Å². The predicted octanol–water partition coefficient (Wildman–Crippen LogP) is 5.11. The fourth-order valence-corrected chi connectivity index (χ4v) is 5.66. The van der Waals surface area contributed by atoms with Crippen LogP contribution in [0.5, 0.6) is 0 Å². The number of nitriles is 1. The van der Waals surface area contributed by atoms with Gasteiger partial charge in [0.2, 0.25) is 5.91 Å². The Morgan fingerprint density at radius 1 is 0.879 bits per heavy atom. The van der Waals surface area contributed by atoms with Crippen LogP contribution in [0.25, 0.3) is 0 Å². The predicted molar refractivity (Wildman–Crippen MR) is 131 cm³/mol. The van der Waals surface area contributed by atoms with Gasteiger partial charge in [0, 0.05) is 42.7 Å². The smallest absolute Gasteiger partial charge is 0.254 e. The van der Waals surface area contributed by atoms with Crippen LogP contribution in [0.15, 0.2) is 53.4 Å². The Kier molecular flexibility index (Phi) is 8.06. The molecule has 2 aromatic carbocycles. The van der Waals surface area contributed by atoms with Gasteiger partial charge >= 0.3 is 0 Å². The van der Waals surface area contributed by atoms with E-state index in [-0.39, 0.29) is 11.8 Å². The molecule has 0 saturated carbocycles. The number of benzene rings is 2. The van der Waals surface area contributed by atoms with Gasteiger partial charge in [-0.15, -0.1) is 11.8 Å². The number of amides is 2. The number of likely N-dealkylation sites (tertiary alicyclic amines) is 2. The van der Waals surface area contributed by atoms with Crippen LogP contribution in [0, 0.1) is 17.2 Å². The number of nitrogens with zero attached hydrogens (tertiary/aromatic N) is 3. The molecule has 2 aliphatic heterocycles. The molecule has 2 amide bonds. The SMILES string of the molecule is N#Cc1ccc(CSc2ccccc2C(=O)N2CCC(C(=O)N3CCCCCC3)CC2)cc1. The maximum atomic E-state index is 13.3. The van der Waals surface area contributed by atoms with Gasteiger partial charge in [-0.1, -0.05) is 37.1 Å². The molecular weight excluding hydrogens is 430 g/mol. The summed E-state index contributed by atoms with van der Waals surface area (Å²) in [6, 6.07) is 17.5. The van der Waals surface area contributed by atoms with Crippen LogP contribution in [-0.2, 0) is 10.5 Å². The fourth-order valence-electron chi connectivity index (χ4n) is 4.65. The summed E-state index contributed by atoms with van der Waals surface area (Å²) in [6.07, 6.45) is 6.17. The van der Waals surface area contributed by atoms with Gasteiger partial charge in [0.25, 0.3) is 5.91 Å². The first-order chi connectivity index (χ1) is 16.2. The summed E-state index contributed by atoms with van der Waals surface area (Å²) >= 11 is 1.64. The van der Waals surface area contributed by atoms with Crippen molar-refractivity contribution in [3.8, 4) is 6.07 Å². The summed E-state index contributed by atoms with van der Waals surface area (Å²) in [5.41, 5.74) is 2.50. The van der Waals surface area contributed by atoms with Crippen molar-refractivity contribution >= 4 is 23.6 Å². The van der Waals surface area contributed by atoms with E-state index in [0.29, 0.717) is 24.6 Å². The molecule has 0 unspecified atom stereocenters. The molecule has 6 heteroatoms. The maximum Gasteiger partial charge on any atom is 0.254 e. The highest BCUT2D eigenvalue weighted by atomic mass is 32.2. The van der Waals surface area contributed by atoms with Crippen LogP contribution in [0.3, 0.4) is 0 Å². The summed E-state index contributed by atoms with van der Waals surface area (Å²) in [7, 11) is 0. The summed E-state index contributed by atoms with van der Waals surface area (Å²) < 4.78 is 0. The Hall–Kier alpha value is -2.78. The van der Waals surface area contributed by atoms with E-state index in [2.05, 4.69) is 11.0 Å². The lowest BCUT2D eigenvalue weighted by Gasteiger charge is -2.34. The van der Waals surface area contributed by atoms with Gasteiger partial charge in [-0.05, 0) is 55.5 Å². The number of hydrogen-bond donors (Lipinski definition) is 0. The molecule has 2 saturated heterocycles. The maximum absolute atomic E-state index is 13.3. The first-order valence-electron chi connectivity index (χ1n) is 11.9. The summed E-state index contributed by atoms with van der Waals surface area (Å²) in [5, 5.41) is 8.96. The monoisotopic (exact) mass is 461 g/mol. The van der Waals surface area contributed by atoms with Gasteiger partial charge < -0.3 is 9.80 Å². The van der Waals surface area contributed by atoms with Crippen molar-refractivity contribution in [2.45, 2.75) is 49.2 Å². The Morgan fingerprint density at radius 3 is 2.21 bits per heavy atom. The van der Waals surface area contributed by atoms with Crippen LogP contribution >= 0.6 is 11.8 Å². The van der Waals surface area contributed by atoms with E-state index in [1.807, 2.05) is 53.4 Å². The van der Waals surface area contributed by atoms with Crippen LogP contribution in [0.4, 0.5) is 0 Å². The number of hydrogen-bond acceptors (Lipinski definition) is 4. The lowest BCUT2D eigenvalue weighted by Crippen LogP contribution is -2.44. The van der Waals surface area contributed by atoms with Crippen molar-refractivity contribution in [3.05, 3.63) is 65.2 Å². The molecule has 0 aromatic heterocycles. The second-order valence-electron chi connectivity index (χ2n) is 8.90. The molecule has 33 heavy (non-hydrogen) atoms. The average Bonchev–Trinajstić information content (AvgIpc) is 3.17. The van der Waals surface area contributed by atoms with E-state index < -0.39 is 0 Å². The van der Waals surface area contributed by atoms with Crippen molar-refractivity contribution in [2.24, 2.45) is 5.92 Å². The quantitative estimate of drug-likeness (QED) is 0.581. The number of rotatable bonds is 5. The van der Waals surface area contributed by atoms with Crippen LogP contribution < -0.4 is 0 Å². The Bertz CT molecular complexity index is 999. The lowest BCUT2D eigenvalue weighted by molar-refractivity contribution is -0.136. The molecule has 0 radical (unpaired) electrons. The zero-order valence-electron chi connectivity index (χ0n) is 19.0. The molecule has 0 aliphatic carbocycles. The zero-order chi connectivity index (χ0) is 23.0. The van der Waals surface area contributed by atoms with Crippen molar-refractivity contribution < 1.29 is 9.59 Å². The van der Waals surface area contributed by atoms with Gasteiger partial charge in [-0.3, -0.25) is 9.59 Å².